The van der Waals surface area contributed by atoms with Gasteiger partial charge in [0.25, 0.3) is 5.91 Å². The first-order chi connectivity index (χ1) is 12.9. The summed E-state index contributed by atoms with van der Waals surface area (Å²) in [4.78, 5) is 26.8. The minimum atomic E-state index is -0.357. The second-order valence-electron chi connectivity index (χ2n) is 6.39. The highest BCUT2D eigenvalue weighted by molar-refractivity contribution is 5.97. The van der Waals surface area contributed by atoms with E-state index in [0.29, 0.717) is 23.6 Å². The number of nitrogens with zero attached hydrogens (tertiary/aromatic N) is 1. The number of benzene rings is 2. The summed E-state index contributed by atoms with van der Waals surface area (Å²) in [6.45, 7) is 4.33. The third-order valence-corrected chi connectivity index (χ3v) is 4.15. The van der Waals surface area contributed by atoms with Crippen LogP contribution in [0.2, 0.25) is 0 Å². The van der Waals surface area contributed by atoms with Crippen molar-refractivity contribution in [1.29, 1.82) is 0 Å². The number of hydrogen-bond acceptors (Lipinski definition) is 4. The summed E-state index contributed by atoms with van der Waals surface area (Å²) in [6.07, 6.45) is 0. The van der Waals surface area contributed by atoms with E-state index in [2.05, 4.69) is 5.32 Å². The zero-order valence-electron chi connectivity index (χ0n) is 16.2. The van der Waals surface area contributed by atoms with Crippen molar-refractivity contribution in [2.24, 2.45) is 0 Å². The van der Waals surface area contributed by atoms with E-state index in [1.807, 2.05) is 44.2 Å². The number of carbonyl (C=O) groups is 2. The summed E-state index contributed by atoms with van der Waals surface area (Å²) >= 11 is 0. The van der Waals surface area contributed by atoms with E-state index < -0.39 is 0 Å². The van der Waals surface area contributed by atoms with Crippen molar-refractivity contribution < 1.29 is 19.1 Å². The van der Waals surface area contributed by atoms with Crippen molar-refractivity contribution in [3.05, 3.63) is 59.7 Å². The Kier molecular flexibility index (Phi) is 7.23. The molecule has 0 atom stereocenters. The predicted molar refractivity (Wildman–Crippen MR) is 104 cm³/mol. The van der Waals surface area contributed by atoms with E-state index in [1.165, 1.54) is 14.2 Å². The number of nitrogens with one attached hydrogen (secondary N) is 1. The number of carbonyl (C=O) groups excluding carboxylic acids is 2. The number of amides is 2. The highest BCUT2D eigenvalue weighted by atomic mass is 16.5. The predicted octanol–water partition coefficient (Wildman–Crippen LogP) is 2.87. The maximum absolute atomic E-state index is 12.6. The molecule has 0 fully saturated rings. The summed E-state index contributed by atoms with van der Waals surface area (Å²) in [5, 5.41) is 2.68. The van der Waals surface area contributed by atoms with Gasteiger partial charge in [0.1, 0.15) is 11.5 Å². The van der Waals surface area contributed by atoms with Crippen LogP contribution in [0.5, 0.6) is 11.5 Å². The Morgan fingerprint density at radius 3 is 2.11 bits per heavy atom. The lowest BCUT2D eigenvalue weighted by molar-refractivity contribution is -0.132. The minimum absolute atomic E-state index is 0.0199. The second-order valence-corrected chi connectivity index (χ2v) is 6.39. The van der Waals surface area contributed by atoms with Gasteiger partial charge in [-0.2, -0.15) is 0 Å². The molecule has 27 heavy (non-hydrogen) atoms. The number of rotatable bonds is 8. The summed E-state index contributed by atoms with van der Waals surface area (Å²) in [7, 11) is 3.04. The van der Waals surface area contributed by atoms with Gasteiger partial charge >= 0.3 is 0 Å². The maximum Gasteiger partial charge on any atom is 0.251 e. The van der Waals surface area contributed by atoms with Crippen LogP contribution < -0.4 is 14.8 Å². The molecule has 6 nitrogen and oxygen atoms in total. The van der Waals surface area contributed by atoms with Gasteiger partial charge in [0, 0.05) is 24.2 Å². The molecule has 0 saturated heterocycles. The molecule has 0 unspecified atom stereocenters. The molecule has 0 radical (unpaired) electrons. The summed E-state index contributed by atoms with van der Waals surface area (Å²) < 4.78 is 10.3. The average molecular weight is 370 g/mol. The molecule has 0 heterocycles. The van der Waals surface area contributed by atoms with E-state index in [9.17, 15) is 9.59 Å². The van der Waals surface area contributed by atoms with Crippen LogP contribution in [-0.4, -0.2) is 43.5 Å². The van der Waals surface area contributed by atoms with Crippen LogP contribution in [0, 0.1) is 0 Å². The van der Waals surface area contributed by atoms with E-state index in [1.54, 1.807) is 23.1 Å². The zero-order valence-corrected chi connectivity index (χ0v) is 16.2. The van der Waals surface area contributed by atoms with Crippen molar-refractivity contribution in [3.63, 3.8) is 0 Å². The molecule has 0 spiro atoms. The quantitative estimate of drug-likeness (QED) is 0.776. The van der Waals surface area contributed by atoms with Gasteiger partial charge in [0.05, 0.1) is 20.8 Å². The molecular weight excluding hydrogens is 344 g/mol. The average Bonchev–Trinajstić information content (AvgIpc) is 2.69. The summed E-state index contributed by atoms with van der Waals surface area (Å²) in [5.41, 5.74) is 1.42. The Bertz CT molecular complexity index is 753. The lowest BCUT2D eigenvalue weighted by atomic mass is 10.1. The lowest BCUT2D eigenvalue weighted by Gasteiger charge is -2.27. The Hall–Kier alpha value is -3.02. The standard InChI is InChI=1S/C21H26N2O4/c1-15(2)23(14-16-8-6-5-7-9-16)20(24)13-22-21(25)17-10-18(26-3)12-19(11-17)27-4/h5-12,15H,13-14H2,1-4H3,(H,22,25). The van der Waals surface area contributed by atoms with Crippen molar-refractivity contribution in [2.75, 3.05) is 20.8 Å². The van der Waals surface area contributed by atoms with Crippen molar-refractivity contribution in [3.8, 4) is 11.5 Å². The Morgan fingerprint density at radius 1 is 1.00 bits per heavy atom. The van der Waals surface area contributed by atoms with Gasteiger partial charge in [-0.15, -0.1) is 0 Å². The number of methoxy groups -OCH3 is 2. The van der Waals surface area contributed by atoms with E-state index in [0.717, 1.165) is 5.56 Å². The first-order valence-corrected chi connectivity index (χ1v) is 8.79. The topological polar surface area (TPSA) is 67.9 Å². The van der Waals surface area contributed by atoms with Gasteiger partial charge in [0.15, 0.2) is 0 Å². The summed E-state index contributed by atoms with van der Waals surface area (Å²) in [6, 6.07) is 14.7. The van der Waals surface area contributed by atoms with Gasteiger partial charge in [0.2, 0.25) is 5.91 Å². The molecule has 144 valence electrons. The van der Waals surface area contributed by atoms with Crippen LogP contribution in [0.4, 0.5) is 0 Å². The largest absolute Gasteiger partial charge is 0.497 e. The normalized spacial score (nSPS) is 10.4. The Balaban J connectivity index is 2.03. The van der Waals surface area contributed by atoms with E-state index in [4.69, 9.17) is 9.47 Å². The molecule has 2 rings (SSSR count). The lowest BCUT2D eigenvalue weighted by Crippen LogP contribution is -2.43. The van der Waals surface area contributed by atoms with E-state index in [-0.39, 0.29) is 24.4 Å². The third-order valence-electron chi connectivity index (χ3n) is 4.15. The molecule has 0 aromatic heterocycles. The second kappa shape index (κ2) is 9.62. The van der Waals surface area contributed by atoms with Crippen LogP contribution in [0.1, 0.15) is 29.8 Å². The molecule has 2 aromatic carbocycles. The highest BCUT2D eigenvalue weighted by Crippen LogP contribution is 2.22. The molecule has 0 aliphatic heterocycles. The summed E-state index contributed by atoms with van der Waals surface area (Å²) in [5.74, 6) is 0.526. The molecule has 0 aliphatic rings. The van der Waals surface area contributed by atoms with E-state index >= 15 is 0 Å². The van der Waals surface area contributed by atoms with Crippen LogP contribution in [-0.2, 0) is 11.3 Å². The maximum atomic E-state index is 12.6. The van der Waals surface area contributed by atoms with Gasteiger partial charge in [-0.1, -0.05) is 30.3 Å². The van der Waals surface area contributed by atoms with Gasteiger partial charge in [-0.05, 0) is 31.5 Å². The SMILES string of the molecule is COc1cc(OC)cc(C(=O)NCC(=O)N(Cc2ccccc2)C(C)C)c1. The van der Waals surface area contributed by atoms with Crippen LogP contribution in [0.15, 0.2) is 48.5 Å². The molecule has 0 saturated carbocycles. The Labute approximate surface area is 160 Å². The van der Waals surface area contributed by atoms with Gasteiger partial charge in [-0.25, -0.2) is 0 Å². The van der Waals surface area contributed by atoms with Gasteiger partial charge in [-0.3, -0.25) is 9.59 Å². The fraction of sp³-hybridized carbons (Fsp3) is 0.333. The molecule has 0 aliphatic carbocycles. The smallest absolute Gasteiger partial charge is 0.251 e. The monoisotopic (exact) mass is 370 g/mol. The van der Waals surface area contributed by atoms with Crippen LogP contribution in [0.3, 0.4) is 0 Å². The van der Waals surface area contributed by atoms with Crippen molar-refractivity contribution in [1.82, 2.24) is 10.2 Å². The van der Waals surface area contributed by atoms with Crippen LogP contribution >= 0.6 is 0 Å². The van der Waals surface area contributed by atoms with Gasteiger partial charge < -0.3 is 19.7 Å². The number of ether oxygens (including phenoxy) is 2. The molecule has 2 aromatic rings. The van der Waals surface area contributed by atoms with Crippen molar-refractivity contribution in [2.45, 2.75) is 26.4 Å². The first kappa shape index (κ1) is 20.3. The third kappa shape index (κ3) is 5.74. The Morgan fingerprint density at radius 2 is 1.59 bits per heavy atom. The molecule has 1 N–H and O–H groups in total. The molecular formula is C21H26N2O4. The molecule has 0 bridgehead atoms. The van der Waals surface area contributed by atoms with Crippen LogP contribution in [0.25, 0.3) is 0 Å². The minimum Gasteiger partial charge on any atom is -0.497 e. The number of hydrogen-bond donors (Lipinski definition) is 1. The fourth-order valence-corrected chi connectivity index (χ4v) is 2.64. The first-order valence-electron chi connectivity index (χ1n) is 8.79. The zero-order chi connectivity index (χ0) is 19.8. The molecule has 6 heteroatoms. The fourth-order valence-electron chi connectivity index (χ4n) is 2.64. The van der Waals surface area contributed by atoms with Crippen molar-refractivity contribution >= 4 is 11.8 Å². The molecule has 2 amide bonds. The highest BCUT2D eigenvalue weighted by Gasteiger charge is 2.19.